The van der Waals surface area contributed by atoms with E-state index in [1.807, 2.05) is 31.2 Å². The Balaban J connectivity index is 1.69. The number of ether oxygens (including phenoxy) is 1. The van der Waals surface area contributed by atoms with E-state index in [0.29, 0.717) is 17.7 Å². The topological polar surface area (TPSA) is 102 Å². The molecule has 1 aliphatic heterocycles. The molecular weight excluding hydrogens is 368 g/mol. The number of carbonyl (C=O) groups is 2. The minimum absolute atomic E-state index is 0.0463. The number of fused-ring (bicyclic) bond motifs is 1. The highest BCUT2D eigenvalue weighted by Crippen LogP contribution is 2.24. The van der Waals surface area contributed by atoms with Crippen molar-refractivity contribution in [2.45, 2.75) is 32.7 Å². The molecule has 2 aromatic rings. The second kappa shape index (κ2) is 6.92. The molecular formula is C19H22N2O5S. The Morgan fingerprint density at radius 2 is 1.96 bits per heavy atom. The van der Waals surface area contributed by atoms with Gasteiger partial charge in [-0.1, -0.05) is 18.2 Å². The van der Waals surface area contributed by atoms with Gasteiger partial charge in [0.25, 0.3) is 5.91 Å². The molecule has 8 heteroatoms. The van der Waals surface area contributed by atoms with Gasteiger partial charge in [0, 0.05) is 5.39 Å². The van der Waals surface area contributed by atoms with Gasteiger partial charge in [-0.25, -0.2) is 13.2 Å². The lowest BCUT2D eigenvalue weighted by Gasteiger charge is -2.23. The van der Waals surface area contributed by atoms with Gasteiger partial charge in [-0.3, -0.25) is 9.78 Å². The molecule has 0 bridgehead atoms. The summed E-state index contributed by atoms with van der Waals surface area (Å²) in [4.78, 5) is 29.1. The van der Waals surface area contributed by atoms with Gasteiger partial charge in [0.1, 0.15) is 0 Å². The van der Waals surface area contributed by atoms with E-state index in [-0.39, 0.29) is 11.5 Å². The zero-order chi connectivity index (χ0) is 19.8. The number of para-hydroxylation sites is 1. The van der Waals surface area contributed by atoms with Gasteiger partial charge >= 0.3 is 5.97 Å². The fraction of sp³-hybridized carbons (Fsp3) is 0.421. The Bertz CT molecular complexity index is 1030. The molecule has 3 rings (SSSR count). The van der Waals surface area contributed by atoms with Crippen LogP contribution in [-0.4, -0.2) is 48.9 Å². The van der Waals surface area contributed by atoms with Crippen molar-refractivity contribution in [2.75, 3.05) is 18.1 Å². The van der Waals surface area contributed by atoms with Crippen LogP contribution in [0.4, 0.5) is 0 Å². The molecule has 0 aliphatic carbocycles. The van der Waals surface area contributed by atoms with E-state index in [1.165, 1.54) is 0 Å². The molecule has 1 aliphatic rings. The van der Waals surface area contributed by atoms with E-state index >= 15 is 0 Å². The lowest BCUT2D eigenvalue weighted by molar-refractivity contribution is -0.125. The molecule has 0 unspecified atom stereocenters. The number of esters is 1. The van der Waals surface area contributed by atoms with E-state index in [1.54, 1.807) is 13.8 Å². The number of hydrogen-bond acceptors (Lipinski definition) is 6. The molecule has 1 aromatic carbocycles. The summed E-state index contributed by atoms with van der Waals surface area (Å²) >= 11 is 0. The van der Waals surface area contributed by atoms with Crippen molar-refractivity contribution in [3.05, 3.63) is 41.1 Å². The first kappa shape index (κ1) is 19.3. The molecule has 7 nitrogen and oxygen atoms in total. The monoisotopic (exact) mass is 390 g/mol. The van der Waals surface area contributed by atoms with E-state index in [2.05, 4.69) is 10.3 Å². The smallest absolute Gasteiger partial charge is 0.340 e. The van der Waals surface area contributed by atoms with Gasteiger partial charge in [-0.15, -0.1) is 0 Å². The summed E-state index contributed by atoms with van der Waals surface area (Å²) in [6.45, 7) is 4.75. The number of carbonyl (C=O) groups excluding carboxylic acids is 2. The zero-order valence-electron chi connectivity index (χ0n) is 15.5. The summed E-state index contributed by atoms with van der Waals surface area (Å²) in [6.07, 6.45) is 0.349. The number of nitrogens with one attached hydrogen (secondary N) is 1. The van der Waals surface area contributed by atoms with Gasteiger partial charge in [0.15, 0.2) is 16.4 Å². The first-order valence-corrected chi connectivity index (χ1v) is 10.5. The molecule has 1 fully saturated rings. The normalized spacial score (nSPS) is 21.1. The number of aryl methyl sites for hydroxylation is 2. The van der Waals surface area contributed by atoms with Crippen molar-refractivity contribution < 1.29 is 22.7 Å². The Labute approximate surface area is 158 Å². The number of rotatable bonds is 4. The van der Waals surface area contributed by atoms with Crippen LogP contribution in [0.5, 0.6) is 0 Å². The molecule has 1 saturated heterocycles. The first-order valence-electron chi connectivity index (χ1n) is 8.65. The molecule has 2 heterocycles. The molecule has 144 valence electrons. The highest BCUT2D eigenvalue weighted by molar-refractivity contribution is 7.91. The molecule has 1 atom stereocenters. The van der Waals surface area contributed by atoms with Crippen LogP contribution in [0.15, 0.2) is 24.3 Å². The Kier molecular flexibility index (Phi) is 4.94. The minimum atomic E-state index is -3.14. The fourth-order valence-electron chi connectivity index (χ4n) is 3.52. The SMILES string of the molecule is Cc1nc2ccccc2c(C)c1C(=O)OCC(=O)N[C@@]1(C)CCS(=O)(=O)C1. The van der Waals surface area contributed by atoms with Crippen LogP contribution in [0, 0.1) is 13.8 Å². The largest absolute Gasteiger partial charge is 0.452 e. The Morgan fingerprint density at radius 3 is 2.63 bits per heavy atom. The lowest BCUT2D eigenvalue weighted by Crippen LogP contribution is -2.48. The molecule has 1 aromatic heterocycles. The van der Waals surface area contributed by atoms with Crippen molar-refractivity contribution in [2.24, 2.45) is 0 Å². The van der Waals surface area contributed by atoms with Crippen LogP contribution in [0.2, 0.25) is 0 Å². The van der Waals surface area contributed by atoms with E-state index in [4.69, 9.17) is 4.74 Å². The van der Waals surface area contributed by atoms with Crippen molar-refractivity contribution in [1.29, 1.82) is 0 Å². The van der Waals surface area contributed by atoms with Gasteiger partial charge < -0.3 is 10.1 Å². The summed E-state index contributed by atoms with van der Waals surface area (Å²) in [7, 11) is -3.14. The summed E-state index contributed by atoms with van der Waals surface area (Å²) < 4.78 is 28.4. The summed E-state index contributed by atoms with van der Waals surface area (Å²) in [5.74, 6) is -1.20. The Morgan fingerprint density at radius 1 is 1.26 bits per heavy atom. The van der Waals surface area contributed by atoms with Crippen molar-refractivity contribution in [3.63, 3.8) is 0 Å². The average Bonchev–Trinajstić information content (AvgIpc) is 2.86. The van der Waals surface area contributed by atoms with Crippen LogP contribution in [-0.2, 0) is 19.4 Å². The van der Waals surface area contributed by atoms with E-state index in [0.717, 1.165) is 16.5 Å². The van der Waals surface area contributed by atoms with Crippen molar-refractivity contribution in [1.82, 2.24) is 10.3 Å². The van der Waals surface area contributed by atoms with Gasteiger partial charge in [0.2, 0.25) is 0 Å². The third-order valence-corrected chi connectivity index (χ3v) is 6.72. The number of amides is 1. The number of hydrogen-bond donors (Lipinski definition) is 1. The third kappa shape index (κ3) is 4.10. The van der Waals surface area contributed by atoms with Crippen LogP contribution < -0.4 is 5.32 Å². The Hall–Kier alpha value is -2.48. The number of benzene rings is 1. The maximum atomic E-state index is 12.5. The zero-order valence-corrected chi connectivity index (χ0v) is 16.4. The van der Waals surface area contributed by atoms with Gasteiger partial charge in [0.05, 0.1) is 33.8 Å². The number of aromatic nitrogens is 1. The molecule has 0 radical (unpaired) electrons. The third-order valence-electron chi connectivity index (χ3n) is 4.82. The first-order chi connectivity index (χ1) is 12.6. The number of sulfone groups is 1. The summed E-state index contributed by atoms with van der Waals surface area (Å²) in [6, 6.07) is 7.49. The minimum Gasteiger partial charge on any atom is -0.452 e. The van der Waals surface area contributed by atoms with Gasteiger partial charge in [-0.2, -0.15) is 0 Å². The predicted octanol–water partition coefficient (Wildman–Crippen LogP) is 1.70. The number of pyridine rings is 1. The highest BCUT2D eigenvalue weighted by Gasteiger charge is 2.39. The van der Waals surface area contributed by atoms with Crippen molar-refractivity contribution >= 4 is 32.6 Å². The number of nitrogens with zero attached hydrogens (tertiary/aromatic N) is 1. The van der Waals surface area contributed by atoms with E-state index < -0.39 is 33.9 Å². The fourth-order valence-corrected chi connectivity index (χ4v) is 5.61. The predicted molar refractivity (Wildman–Crippen MR) is 101 cm³/mol. The summed E-state index contributed by atoms with van der Waals surface area (Å²) in [5, 5.41) is 3.52. The highest BCUT2D eigenvalue weighted by atomic mass is 32.2. The quantitative estimate of drug-likeness (QED) is 0.797. The lowest BCUT2D eigenvalue weighted by atomic mass is 10.0. The van der Waals surface area contributed by atoms with Crippen LogP contribution in [0.3, 0.4) is 0 Å². The molecule has 27 heavy (non-hydrogen) atoms. The average molecular weight is 390 g/mol. The van der Waals surface area contributed by atoms with Crippen molar-refractivity contribution in [3.8, 4) is 0 Å². The standard InChI is InChI=1S/C19H22N2O5S/c1-12-14-6-4-5-7-15(14)20-13(2)17(12)18(23)26-10-16(22)21-19(3)8-9-27(24,25)11-19/h4-7H,8-11H2,1-3H3,(H,21,22)/t19-/m0/s1. The second-order valence-corrected chi connectivity index (χ2v) is 9.43. The maximum absolute atomic E-state index is 12.5. The second-order valence-electron chi connectivity index (χ2n) is 7.24. The molecule has 0 saturated carbocycles. The summed E-state index contributed by atoms with van der Waals surface area (Å²) in [5.41, 5.74) is 1.59. The van der Waals surface area contributed by atoms with E-state index in [9.17, 15) is 18.0 Å². The molecule has 1 amide bonds. The molecule has 0 spiro atoms. The van der Waals surface area contributed by atoms with Crippen LogP contribution in [0.1, 0.15) is 35.0 Å². The maximum Gasteiger partial charge on any atom is 0.340 e. The van der Waals surface area contributed by atoms with Crippen LogP contribution in [0.25, 0.3) is 10.9 Å². The van der Waals surface area contributed by atoms with Crippen LogP contribution >= 0.6 is 0 Å². The molecule has 1 N–H and O–H groups in total. The van der Waals surface area contributed by atoms with Gasteiger partial charge in [-0.05, 0) is 38.8 Å².